The number of carbonyl (C=O) groups is 2. The molecule has 0 N–H and O–H groups in total. The van der Waals surface area contributed by atoms with Gasteiger partial charge in [-0.15, -0.1) is 0 Å². The van der Waals surface area contributed by atoms with Crippen LogP contribution in [-0.4, -0.2) is 45.9 Å². The summed E-state index contributed by atoms with van der Waals surface area (Å²) in [5.74, 6) is -0.732. The van der Waals surface area contributed by atoms with Gasteiger partial charge < -0.3 is 9.64 Å². The second-order valence-electron chi connectivity index (χ2n) is 4.19. The summed E-state index contributed by atoms with van der Waals surface area (Å²) in [5.41, 5.74) is 0.181. The van der Waals surface area contributed by atoms with Gasteiger partial charge in [0, 0.05) is 6.04 Å². The maximum absolute atomic E-state index is 12.2. The van der Waals surface area contributed by atoms with Gasteiger partial charge in [-0.05, 0) is 19.8 Å². The molecule has 0 radical (unpaired) electrons. The minimum Gasteiger partial charge on any atom is -0.465 e. The fraction of sp³-hybridized carbons (Fsp3) is 0.500. The van der Waals surface area contributed by atoms with E-state index in [9.17, 15) is 9.59 Å². The van der Waals surface area contributed by atoms with Gasteiger partial charge in [-0.1, -0.05) is 11.6 Å². The van der Waals surface area contributed by atoms with E-state index >= 15 is 0 Å². The van der Waals surface area contributed by atoms with Crippen LogP contribution in [0.3, 0.4) is 0 Å². The highest BCUT2D eigenvalue weighted by Crippen LogP contribution is 2.27. The van der Waals surface area contributed by atoms with Crippen molar-refractivity contribution in [1.82, 2.24) is 14.9 Å². The number of esters is 1. The lowest BCUT2D eigenvalue weighted by Crippen LogP contribution is -2.38. The molecule has 1 aliphatic rings. The van der Waals surface area contributed by atoms with Gasteiger partial charge in [0.25, 0.3) is 5.91 Å². The van der Waals surface area contributed by atoms with Crippen LogP contribution >= 0.6 is 11.6 Å². The van der Waals surface area contributed by atoms with E-state index in [-0.39, 0.29) is 29.3 Å². The number of ether oxygens (including phenoxy) is 1. The average Bonchev–Trinajstić information content (AvgIpc) is 3.21. The van der Waals surface area contributed by atoms with E-state index in [4.69, 9.17) is 16.3 Å². The van der Waals surface area contributed by atoms with E-state index in [0.717, 1.165) is 12.8 Å². The maximum atomic E-state index is 12.2. The summed E-state index contributed by atoms with van der Waals surface area (Å²) in [5, 5.41) is 0.222. The first-order valence-corrected chi connectivity index (χ1v) is 6.43. The molecule has 1 fully saturated rings. The molecule has 1 saturated carbocycles. The number of carbonyl (C=O) groups excluding carboxylic acids is 2. The van der Waals surface area contributed by atoms with E-state index in [1.165, 1.54) is 17.3 Å². The van der Waals surface area contributed by atoms with Crippen LogP contribution in [0.15, 0.2) is 12.4 Å². The van der Waals surface area contributed by atoms with Gasteiger partial charge in [0.15, 0.2) is 0 Å². The minimum atomic E-state index is -0.412. The van der Waals surface area contributed by atoms with E-state index in [2.05, 4.69) is 9.97 Å². The Bertz CT molecular complexity index is 474. The Balaban J connectivity index is 2.08. The minimum absolute atomic E-state index is 0.0539. The highest BCUT2D eigenvalue weighted by atomic mass is 35.5. The number of aromatic nitrogens is 2. The fourth-order valence-corrected chi connectivity index (χ4v) is 1.77. The highest BCUT2D eigenvalue weighted by Gasteiger charge is 2.35. The quantitative estimate of drug-likeness (QED) is 0.762. The standard InChI is InChI=1S/C12H14ClN3O3/c1-2-19-11(17)7-16(8-3-4-8)12(18)9-5-15-10(13)6-14-9/h5-6,8H,2-4,7H2,1H3. The number of hydrogen-bond acceptors (Lipinski definition) is 5. The molecule has 0 spiro atoms. The van der Waals surface area contributed by atoms with Gasteiger partial charge in [0.1, 0.15) is 17.4 Å². The zero-order valence-electron chi connectivity index (χ0n) is 10.5. The molecular weight excluding hydrogens is 270 g/mol. The van der Waals surface area contributed by atoms with Crippen LogP contribution < -0.4 is 0 Å². The summed E-state index contributed by atoms with van der Waals surface area (Å²) in [4.78, 5) is 33.0. The topological polar surface area (TPSA) is 72.4 Å². The number of halogens is 1. The van der Waals surface area contributed by atoms with Crippen molar-refractivity contribution in [1.29, 1.82) is 0 Å². The number of amides is 1. The fourth-order valence-electron chi connectivity index (χ4n) is 1.67. The molecule has 7 heteroatoms. The Morgan fingerprint density at radius 3 is 2.68 bits per heavy atom. The monoisotopic (exact) mass is 283 g/mol. The normalized spacial score (nSPS) is 14.0. The van der Waals surface area contributed by atoms with Crippen molar-refractivity contribution in [3.63, 3.8) is 0 Å². The predicted molar refractivity (Wildman–Crippen MR) is 67.7 cm³/mol. The summed E-state index contributed by atoms with van der Waals surface area (Å²) < 4.78 is 4.87. The van der Waals surface area contributed by atoms with Crippen molar-refractivity contribution in [3.05, 3.63) is 23.2 Å². The van der Waals surface area contributed by atoms with Gasteiger partial charge in [-0.25, -0.2) is 9.97 Å². The van der Waals surface area contributed by atoms with Crippen LogP contribution in [0.25, 0.3) is 0 Å². The predicted octanol–water partition coefficient (Wildman–Crippen LogP) is 1.30. The molecule has 0 bridgehead atoms. The molecule has 0 unspecified atom stereocenters. The molecule has 1 amide bonds. The lowest BCUT2D eigenvalue weighted by Gasteiger charge is -2.20. The van der Waals surface area contributed by atoms with Gasteiger partial charge >= 0.3 is 5.97 Å². The summed E-state index contributed by atoms with van der Waals surface area (Å²) in [6.07, 6.45) is 4.41. The third-order valence-electron chi connectivity index (χ3n) is 2.69. The summed E-state index contributed by atoms with van der Waals surface area (Å²) in [7, 11) is 0. The van der Waals surface area contributed by atoms with E-state index in [1.54, 1.807) is 6.92 Å². The van der Waals surface area contributed by atoms with Crippen LogP contribution in [0.4, 0.5) is 0 Å². The van der Waals surface area contributed by atoms with Crippen molar-refractivity contribution in [3.8, 4) is 0 Å². The lowest BCUT2D eigenvalue weighted by atomic mass is 10.3. The first-order chi connectivity index (χ1) is 9.11. The van der Waals surface area contributed by atoms with Gasteiger partial charge in [0.2, 0.25) is 0 Å². The molecule has 1 aromatic heterocycles. The van der Waals surface area contributed by atoms with Gasteiger partial charge in [0.05, 0.1) is 19.0 Å². The molecule has 0 atom stereocenters. The maximum Gasteiger partial charge on any atom is 0.325 e. The molecular formula is C12H14ClN3O3. The largest absolute Gasteiger partial charge is 0.465 e. The van der Waals surface area contributed by atoms with E-state index < -0.39 is 5.97 Å². The van der Waals surface area contributed by atoms with Crippen LogP contribution in [-0.2, 0) is 9.53 Å². The zero-order chi connectivity index (χ0) is 13.8. The van der Waals surface area contributed by atoms with Gasteiger partial charge in [-0.2, -0.15) is 0 Å². The molecule has 1 aliphatic carbocycles. The Labute approximate surface area is 115 Å². The smallest absolute Gasteiger partial charge is 0.325 e. The first-order valence-electron chi connectivity index (χ1n) is 6.06. The molecule has 0 saturated heterocycles. The Kier molecular flexibility index (Phi) is 4.31. The molecule has 19 heavy (non-hydrogen) atoms. The molecule has 6 nitrogen and oxygen atoms in total. The number of hydrogen-bond donors (Lipinski definition) is 0. The Morgan fingerprint density at radius 1 is 1.42 bits per heavy atom. The molecule has 2 rings (SSSR count). The van der Waals surface area contributed by atoms with Crippen LogP contribution in [0, 0.1) is 0 Å². The van der Waals surface area contributed by atoms with Crippen LogP contribution in [0.1, 0.15) is 30.3 Å². The van der Waals surface area contributed by atoms with Crippen molar-refractivity contribution in [2.75, 3.05) is 13.2 Å². The molecule has 1 heterocycles. The number of rotatable bonds is 5. The first kappa shape index (κ1) is 13.7. The lowest BCUT2D eigenvalue weighted by molar-refractivity contribution is -0.144. The molecule has 0 aromatic carbocycles. The van der Waals surface area contributed by atoms with E-state index in [0.29, 0.717) is 6.61 Å². The third-order valence-corrected chi connectivity index (χ3v) is 2.89. The summed E-state index contributed by atoms with van der Waals surface area (Å²) >= 11 is 5.62. The molecule has 102 valence electrons. The van der Waals surface area contributed by atoms with Crippen molar-refractivity contribution in [2.24, 2.45) is 0 Å². The van der Waals surface area contributed by atoms with Crippen molar-refractivity contribution < 1.29 is 14.3 Å². The second kappa shape index (κ2) is 5.97. The van der Waals surface area contributed by atoms with Gasteiger partial charge in [-0.3, -0.25) is 9.59 Å². The highest BCUT2D eigenvalue weighted by molar-refractivity contribution is 6.29. The molecule has 0 aliphatic heterocycles. The Hall–Kier alpha value is -1.69. The SMILES string of the molecule is CCOC(=O)CN(C(=O)c1cnc(Cl)cn1)C1CC1. The Morgan fingerprint density at radius 2 is 2.16 bits per heavy atom. The average molecular weight is 284 g/mol. The molecule has 1 aromatic rings. The second-order valence-corrected chi connectivity index (χ2v) is 4.58. The van der Waals surface area contributed by atoms with Crippen molar-refractivity contribution >= 4 is 23.5 Å². The summed E-state index contributed by atoms with van der Waals surface area (Å²) in [6.45, 7) is 1.97. The van der Waals surface area contributed by atoms with Crippen LogP contribution in [0.5, 0.6) is 0 Å². The number of nitrogens with zero attached hydrogens (tertiary/aromatic N) is 3. The van der Waals surface area contributed by atoms with Crippen molar-refractivity contribution in [2.45, 2.75) is 25.8 Å². The van der Waals surface area contributed by atoms with E-state index in [1.807, 2.05) is 0 Å². The zero-order valence-corrected chi connectivity index (χ0v) is 11.3. The third kappa shape index (κ3) is 3.64. The summed E-state index contributed by atoms with van der Waals surface area (Å²) in [6, 6.07) is 0.0920. The van der Waals surface area contributed by atoms with Crippen LogP contribution in [0.2, 0.25) is 5.15 Å².